The Balaban J connectivity index is 3.09. The van der Waals surface area contributed by atoms with Gasteiger partial charge in [0.2, 0.25) is 0 Å². The van der Waals surface area contributed by atoms with Gasteiger partial charge in [-0.25, -0.2) is 0 Å². The van der Waals surface area contributed by atoms with Crippen molar-refractivity contribution in [3.8, 4) is 0 Å². The average molecular weight is 252 g/mol. The number of hydrogen-bond donors (Lipinski definition) is 0. The van der Waals surface area contributed by atoms with Gasteiger partial charge in [0.05, 0.1) is 13.2 Å². The first kappa shape index (κ1) is 14.5. The second-order valence-corrected chi connectivity index (χ2v) is 4.25. The lowest BCUT2D eigenvalue weighted by Gasteiger charge is -2.29. The van der Waals surface area contributed by atoms with Crippen LogP contribution in [-0.4, -0.2) is 25.2 Å². The molecule has 1 aliphatic rings. The maximum atomic E-state index is 12.2. The molecule has 0 fully saturated rings. The van der Waals surface area contributed by atoms with Crippen molar-refractivity contribution in [2.45, 2.75) is 27.2 Å². The van der Waals surface area contributed by atoms with Crippen LogP contribution in [0.25, 0.3) is 0 Å². The highest BCUT2D eigenvalue weighted by Gasteiger charge is 2.55. The van der Waals surface area contributed by atoms with E-state index in [4.69, 9.17) is 9.47 Å². The van der Waals surface area contributed by atoms with Gasteiger partial charge in [-0.1, -0.05) is 25.7 Å². The Morgan fingerprint density at radius 3 is 2.22 bits per heavy atom. The lowest BCUT2D eigenvalue weighted by Crippen LogP contribution is -2.45. The van der Waals surface area contributed by atoms with Crippen LogP contribution in [0.5, 0.6) is 0 Å². The number of hydrogen-bond acceptors (Lipinski definition) is 4. The Labute approximate surface area is 108 Å². The lowest BCUT2D eigenvalue weighted by molar-refractivity contribution is -0.174. The molecule has 1 unspecified atom stereocenters. The van der Waals surface area contributed by atoms with E-state index < -0.39 is 17.4 Å². The Bertz CT molecular complexity index is 363. The van der Waals surface area contributed by atoms with Gasteiger partial charge < -0.3 is 9.47 Å². The standard InChI is InChI=1S/C14H20O4/c1-5-11-8-9-14(10(11)4,12(15)17-6-2)13(16)18-7-3/h5,8,10H,1,6-7,9H2,2-4H3. The van der Waals surface area contributed by atoms with Gasteiger partial charge in [-0.2, -0.15) is 0 Å². The first-order valence-corrected chi connectivity index (χ1v) is 6.21. The zero-order valence-corrected chi connectivity index (χ0v) is 11.2. The van der Waals surface area contributed by atoms with Gasteiger partial charge in [-0.05, 0) is 25.8 Å². The molecular formula is C14H20O4. The van der Waals surface area contributed by atoms with Crippen molar-refractivity contribution in [2.24, 2.45) is 11.3 Å². The van der Waals surface area contributed by atoms with E-state index in [0.717, 1.165) is 5.57 Å². The summed E-state index contributed by atoms with van der Waals surface area (Å²) in [6, 6.07) is 0. The molecular weight excluding hydrogens is 232 g/mol. The van der Waals surface area contributed by atoms with Gasteiger partial charge >= 0.3 is 11.9 Å². The highest BCUT2D eigenvalue weighted by atomic mass is 16.6. The van der Waals surface area contributed by atoms with Gasteiger partial charge in [0.25, 0.3) is 0 Å². The van der Waals surface area contributed by atoms with Crippen molar-refractivity contribution in [3.05, 3.63) is 24.3 Å². The minimum atomic E-state index is -1.24. The van der Waals surface area contributed by atoms with Gasteiger partial charge in [0.15, 0.2) is 5.41 Å². The Hall–Kier alpha value is -1.58. The lowest BCUT2D eigenvalue weighted by atomic mass is 9.76. The number of carbonyl (C=O) groups excluding carboxylic acids is 2. The van der Waals surface area contributed by atoms with Crippen molar-refractivity contribution in [2.75, 3.05) is 13.2 Å². The van der Waals surface area contributed by atoms with Crippen LogP contribution in [-0.2, 0) is 19.1 Å². The Kier molecular flexibility index (Phi) is 4.70. The minimum Gasteiger partial charge on any atom is -0.465 e. The molecule has 4 heteroatoms. The summed E-state index contributed by atoms with van der Waals surface area (Å²) in [6.07, 6.45) is 3.84. The summed E-state index contributed by atoms with van der Waals surface area (Å²) in [6.45, 7) is 9.46. The number of ether oxygens (including phenoxy) is 2. The zero-order chi connectivity index (χ0) is 13.8. The fourth-order valence-electron chi connectivity index (χ4n) is 2.30. The van der Waals surface area contributed by atoms with Crippen molar-refractivity contribution < 1.29 is 19.1 Å². The SMILES string of the molecule is C=CC1=CCC(C(=O)OCC)(C(=O)OCC)C1C. The smallest absolute Gasteiger partial charge is 0.324 e. The van der Waals surface area contributed by atoms with Crippen molar-refractivity contribution in [1.29, 1.82) is 0 Å². The van der Waals surface area contributed by atoms with E-state index >= 15 is 0 Å². The van der Waals surface area contributed by atoms with Crippen molar-refractivity contribution in [1.82, 2.24) is 0 Å². The van der Waals surface area contributed by atoms with E-state index in [1.165, 1.54) is 0 Å². The molecule has 0 heterocycles. The topological polar surface area (TPSA) is 52.6 Å². The minimum absolute atomic E-state index is 0.246. The molecule has 0 bridgehead atoms. The van der Waals surface area contributed by atoms with E-state index in [1.807, 2.05) is 13.0 Å². The summed E-state index contributed by atoms with van der Waals surface area (Å²) in [5.74, 6) is -1.29. The average Bonchev–Trinajstić information content (AvgIpc) is 2.68. The summed E-state index contributed by atoms with van der Waals surface area (Å²) in [7, 11) is 0. The van der Waals surface area contributed by atoms with E-state index in [2.05, 4.69) is 6.58 Å². The number of carbonyl (C=O) groups is 2. The predicted molar refractivity (Wildman–Crippen MR) is 67.8 cm³/mol. The summed E-state index contributed by atoms with van der Waals surface area (Å²) < 4.78 is 10.1. The van der Waals surface area contributed by atoms with Gasteiger partial charge in [-0.15, -0.1) is 0 Å². The van der Waals surface area contributed by atoms with Gasteiger partial charge in [-0.3, -0.25) is 9.59 Å². The normalized spacial score (nSPS) is 21.1. The van der Waals surface area contributed by atoms with E-state index in [9.17, 15) is 9.59 Å². The summed E-state index contributed by atoms with van der Waals surface area (Å²) >= 11 is 0. The molecule has 0 radical (unpaired) electrons. The molecule has 0 aliphatic heterocycles. The third-order valence-corrected chi connectivity index (χ3v) is 3.41. The molecule has 1 atom stereocenters. The monoisotopic (exact) mass is 252 g/mol. The molecule has 0 aromatic rings. The number of allylic oxidation sites excluding steroid dienone is 3. The van der Waals surface area contributed by atoms with E-state index in [1.54, 1.807) is 19.9 Å². The summed E-state index contributed by atoms with van der Waals surface area (Å²) in [4.78, 5) is 24.3. The Morgan fingerprint density at radius 1 is 1.39 bits per heavy atom. The molecule has 4 nitrogen and oxygen atoms in total. The molecule has 1 aliphatic carbocycles. The molecule has 0 saturated carbocycles. The first-order valence-electron chi connectivity index (χ1n) is 6.21. The summed E-state index contributed by atoms with van der Waals surface area (Å²) in [5.41, 5.74) is -0.355. The molecule has 0 saturated heterocycles. The van der Waals surface area contributed by atoms with Crippen LogP contribution in [0.1, 0.15) is 27.2 Å². The van der Waals surface area contributed by atoms with Crippen LogP contribution in [0, 0.1) is 11.3 Å². The van der Waals surface area contributed by atoms with Crippen molar-refractivity contribution >= 4 is 11.9 Å². The van der Waals surface area contributed by atoms with Crippen LogP contribution < -0.4 is 0 Å². The van der Waals surface area contributed by atoms with E-state index in [-0.39, 0.29) is 19.1 Å². The van der Waals surface area contributed by atoms with Crippen LogP contribution >= 0.6 is 0 Å². The van der Waals surface area contributed by atoms with Crippen LogP contribution in [0.2, 0.25) is 0 Å². The first-order chi connectivity index (χ1) is 8.54. The fraction of sp³-hybridized carbons (Fsp3) is 0.571. The van der Waals surface area contributed by atoms with Gasteiger partial charge in [0.1, 0.15) is 0 Å². The fourth-order valence-corrected chi connectivity index (χ4v) is 2.30. The van der Waals surface area contributed by atoms with Crippen LogP contribution in [0.4, 0.5) is 0 Å². The largest absolute Gasteiger partial charge is 0.465 e. The van der Waals surface area contributed by atoms with Gasteiger partial charge in [0, 0.05) is 5.92 Å². The second kappa shape index (κ2) is 5.85. The van der Waals surface area contributed by atoms with Crippen LogP contribution in [0.3, 0.4) is 0 Å². The third-order valence-electron chi connectivity index (χ3n) is 3.41. The summed E-state index contributed by atoms with van der Waals surface area (Å²) in [5, 5.41) is 0. The number of esters is 2. The predicted octanol–water partition coefficient (Wildman–Crippen LogP) is 2.25. The number of rotatable bonds is 5. The molecule has 0 aromatic carbocycles. The maximum Gasteiger partial charge on any atom is 0.324 e. The molecule has 18 heavy (non-hydrogen) atoms. The molecule has 1 rings (SSSR count). The van der Waals surface area contributed by atoms with E-state index in [0.29, 0.717) is 6.42 Å². The molecule has 100 valence electrons. The molecule has 0 N–H and O–H groups in total. The quantitative estimate of drug-likeness (QED) is 0.556. The van der Waals surface area contributed by atoms with Crippen LogP contribution in [0.15, 0.2) is 24.3 Å². The van der Waals surface area contributed by atoms with Crippen molar-refractivity contribution in [3.63, 3.8) is 0 Å². The molecule has 0 aromatic heterocycles. The zero-order valence-electron chi connectivity index (χ0n) is 11.2. The maximum absolute atomic E-state index is 12.2. The second-order valence-electron chi connectivity index (χ2n) is 4.25. The third kappa shape index (κ3) is 2.19. The highest BCUT2D eigenvalue weighted by Crippen LogP contribution is 2.45. The molecule has 0 spiro atoms. The highest BCUT2D eigenvalue weighted by molar-refractivity contribution is 6.01. The molecule has 0 amide bonds. The Morgan fingerprint density at radius 2 is 1.89 bits per heavy atom.